The molecule has 1 aromatic heterocycles. The maximum absolute atomic E-state index is 10.9. The minimum absolute atomic E-state index is 0.210. The number of benzene rings is 1. The molecule has 1 saturated heterocycles. The Morgan fingerprint density at radius 1 is 1.27 bits per heavy atom. The summed E-state index contributed by atoms with van der Waals surface area (Å²) < 4.78 is 13.8. The molecule has 33 heavy (non-hydrogen) atoms. The van der Waals surface area contributed by atoms with Crippen LogP contribution in [0.25, 0.3) is 5.70 Å². The zero-order valence-electron chi connectivity index (χ0n) is 18.9. The Balaban J connectivity index is 1.55. The largest absolute Gasteiger partial charge is 0.396 e. The highest BCUT2D eigenvalue weighted by atomic mass is 16.7. The number of aldehydes is 1. The minimum Gasteiger partial charge on any atom is -0.396 e. The average Bonchev–Trinajstić information content (AvgIpc) is 3.49. The molecule has 0 bridgehead atoms. The van der Waals surface area contributed by atoms with Crippen LogP contribution in [0.1, 0.15) is 61.0 Å². The zero-order valence-corrected chi connectivity index (χ0v) is 18.9. The number of carbonyl (C=O) groups excluding carboxylic acids is 1. The van der Waals surface area contributed by atoms with Crippen LogP contribution < -0.4 is 0 Å². The van der Waals surface area contributed by atoms with E-state index >= 15 is 0 Å². The van der Waals surface area contributed by atoms with E-state index in [4.69, 9.17) is 14.3 Å². The summed E-state index contributed by atoms with van der Waals surface area (Å²) in [5, 5.41) is 4.33. The number of ether oxygens (including phenoxy) is 2. The van der Waals surface area contributed by atoms with Crippen LogP contribution in [0.4, 0.5) is 0 Å². The van der Waals surface area contributed by atoms with Crippen LogP contribution in [0.5, 0.6) is 0 Å². The van der Waals surface area contributed by atoms with Gasteiger partial charge >= 0.3 is 0 Å². The van der Waals surface area contributed by atoms with Gasteiger partial charge in [-0.15, -0.1) is 0 Å². The molecule has 2 heterocycles. The lowest BCUT2D eigenvalue weighted by Gasteiger charge is -2.26. The van der Waals surface area contributed by atoms with Gasteiger partial charge in [0.15, 0.2) is 6.29 Å². The Hall–Kier alpha value is -3.47. The van der Waals surface area contributed by atoms with E-state index in [-0.39, 0.29) is 12.4 Å². The van der Waals surface area contributed by atoms with Crippen LogP contribution in [0.2, 0.25) is 0 Å². The van der Waals surface area contributed by atoms with E-state index < -0.39 is 0 Å². The Morgan fingerprint density at radius 2 is 2.12 bits per heavy atom. The molecule has 2 aromatic rings. The first-order chi connectivity index (χ1) is 16.2. The van der Waals surface area contributed by atoms with Gasteiger partial charge in [-0.25, -0.2) is 4.98 Å². The van der Waals surface area contributed by atoms with E-state index in [2.05, 4.69) is 22.0 Å². The highest BCUT2D eigenvalue weighted by Crippen LogP contribution is 2.28. The fourth-order valence-corrected chi connectivity index (χ4v) is 3.69. The second-order valence-electron chi connectivity index (χ2n) is 7.71. The Labute approximate surface area is 193 Å². The van der Waals surface area contributed by atoms with E-state index in [0.717, 1.165) is 54.8 Å². The minimum atomic E-state index is -0.260. The number of rotatable bonds is 7. The topological polar surface area (TPSA) is 74.9 Å². The Kier molecular flexibility index (Phi) is 7.51. The monoisotopic (exact) mass is 445 g/mol. The third kappa shape index (κ3) is 5.48. The van der Waals surface area contributed by atoms with Crippen molar-refractivity contribution in [3.05, 3.63) is 71.3 Å². The smallest absolute Gasteiger partial charge is 0.158 e. The van der Waals surface area contributed by atoms with Gasteiger partial charge in [0.1, 0.15) is 30.5 Å². The molecule has 0 amide bonds. The van der Waals surface area contributed by atoms with Crippen molar-refractivity contribution in [1.82, 2.24) is 9.55 Å². The van der Waals surface area contributed by atoms with Crippen LogP contribution >= 0.6 is 0 Å². The molecule has 1 aliphatic carbocycles. The van der Waals surface area contributed by atoms with Gasteiger partial charge in [-0.3, -0.25) is 9.36 Å². The second-order valence-corrected chi connectivity index (χ2v) is 7.71. The molecule has 0 radical (unpaired) electrons. The number of aromatic nitrogens is 2. The van der Waals surface area contributed by atoms with Crippen LogP contribution in [-0.4, -0.2) is 41.1 Å². The van der Waals surface area contributed by atoms with Crippen molar-refractivity contribution in [3.63, 3.8) is 0 Å². The summed E-state index contributed by atoms with van der Waals surface area (Å²) in [5.74, 6) is 7.06. The molecule has 170 valence electrons. The summed E-state index contributed by atoms with van der Waals surface area (Å²) in [5.41, 5.74) is 3.61. The highest BCUT2D eigenvalue weighted by Gasteiger charge is 2.25. The summed E-state index contributed by atoms with van der Waals surface area (Å²) in [6, 6.07) is 7.13. The molecule has 1 fully saturated rings. The number of imidazole rings is 1. The third-order valence-corrected chi connectivity index (χ3v) is 5.37. The summed E-state index contributed by atoms with van der Waals surface area (Å²) in [7, 11) is 0. The molecular formula is C26H27N3O4. The molecule has 1 aliphatic heterocycles. The first-order valence-electron chi connectivity index (χ1n) is 11.2. The molecule has 4 rings (SSSR count). The van der Waals surface area contributed by atoms with Crippen LogP contribution in [-0.2, 0) is 14.3 Å². The Bertz CT molecular complexity index is 1130. The van der Waals surface area contributed by atoms with Crippen molar-refractivity contribution in [3.8, 4) is 11.8 Å². The van der Waals surface area contributed by atoms with E-state index in [1.807, 2.05) is 48.9 Å². The molecule has 1 aromatic carbocycles. The molecule has 0 N–H and O–H groups in total. The second kappa shape index (κ2) is 10.9. The average molecular weight is 446 g/mol. The van der Waals surface area contributed by atoms with Gasteiger partial charge in [-0.05, 0) is 57.4 Å². The van der Waals surface area contributed by atoms with Crippen molar-refractivity contribution in [2.24, 2.45) is 5.16 Å². The van der Waals surface area contributed by atoms with Crippen molar-refractivity contribution >= 4 is 17.7 Å². The normalized spacial score (nSPS) is 19.9. The van der Waals surface area contributed by atoms with Crippen LogP contribution in [0.3, 0.4) is 0 Å². The Morgan fingerprint density at radius 3 is 2.85 bits per heavy atom. The number of carbonyl (C=O) groups is 1. The van der Waals surface area contributed by atoms with Gasteiger partial charge in [-0.2, -0.15) is 0 Å². The van der Waals surface area contributed by atoms with E-state index in [1.54, 1.807) is 18.3 Å². The fourth-order valence-electron chi connectivity index (χ4n) is 3.69. The third-order valence-electron chi connectivity index (χ3n) is 5.37. The van der Waals surface area contributed by atoms with E-state index in [9.17, 15) is 4.79 Å². The maximum atomic E-state index is 10.9. The van der Waals surface area contributed by atoms with Gasteiger partial charge < -0.3 is 14.3 Å². The van der Waals surface area contributed by atoms with Gasteiger partial charge in [0.2, 0.25) is 0 Å². The molecule has 0 saturated carbocycles. The van der Waals surface area contributed by atoms with Crippen LogP contribution in [0, 0.1) is 11.8 Å². The summed E-state index contributed by atoms with van der Waals surface area (Å²) in [4.78, 5) is 20.8. The maximum Gasteiger partial charge on any atom is 0.158 e. The number of hydrogen-bond acceptors (Lipinski definition) is 6. The summed E-state index contributed by atoms with van der Waals surface area (Å²) in [6.07, 6.45) is 10.9. The first kappa shape index (κ1) is 22.7. The van der Waals surface area contributed by atoms with Crippen molar-refractivity contribution in [1.29, 1.82) is 0 Å². The number of allylic oxidation sites excluding steroid dienone is 4. The predicted octanol–water partition coefficient (Wildman–Crippen LogP) is 4.52. The quantitative estimate of drug-likeness (QED) is 0.356. The van der Waals surface area contributed by atoms with Gasteiger partial charge in [0, 0.05) is 30.1 Å². The lowest BCUT2D eigenvalue weighted by atomic mass is 10.1. The molecule has 7 nitrogen and oxygen atoms in total. The SMILES string of the molecule is CCO/N=C1\C(C#Cc2ccc(C=O)cc2)=CC=C1n1ccnc1[C@H](C)OC1CCCCO1. The zero-order chi connectivity index (χ0) is 23.0. The lowest BCUT2D eigenvalue weighted by molar-refractivity contribution is -0.187. The number of oxime groups is 1. The molecule has 2 aliphatic rings. The van der Waals surface area contributed by atoms with Gasteiger partial charge in [0.05, 0.1) is 11.3 Å². The lowest BCUT2D eigenvalue weighted by Crippen LogP contribution is -2.25. The molecule has 1 unspecified atom stereocenters. The fraction of sp³-hybridized carbons (Fsp3) is 0.346. The number of hydrogen-bond donors (Lipinski definition) is 0. The van der Waals surface area contributed by atoms with Crippen molar-refractivity contribution in [2.75, 3.05) is 13.2 Å². The molecule has 0 spiro atoms. The summed E-state index contributed by atoms with van der Waals surface area (Å²) >= 11 is 0. The van der Waals surface area contributed by atoms with E-state index in [1.165, 1.54) is 0 Å². The van der Waals surface area contributed by atoms with Gasteiger partial charge in [0.25, 0.3) is 0 Å². The first-order valence-corrected chi connectivity index (χ1v) is 11.2. The van der Waals surface area contributed by atoms with Crippen molar-refractivity contribution in [2.45, 2.75) is 45.5 Å². The van der Waals surface area contributed by atoms with Crippen molar-refractivity contribution < 1.29 is 19.1 Å². The van der Waals surface area contributed by atoms with Crippen LogP contribution in [0.15, 0.2) is 59.5 Å². The number of nitrogens with zero attached hydrogens (tertiary/aromatic N) is 3. The summed E-state index contributed by atoms with van der Waals surface area (Å²) in [6.45, 7) is 5.03. The molecule has 2 atom stereocenters. The van der Waals surface area contributed by atoms with Gasteiger partial charge in [-0.1, -0.05) is 29.1 Å². The predicted molar refractivity (Wildman–Crippen MR) is 125 cm³/mol. The standard InChI is InChI=1S/C26H27N3O4/c1-3-32-28-25-22(12-11-20-7-9-21(18-30)10-8-20)13-14-23(25)29-16-15-27-26(29)19(2)33-24-6-4-5-17-31-24/h7-10,13-16,18-19,24H,3-6,17H2,1-2H3/b28-25+/t19-,24?/m0/s1. The highest BCUT2D eigenvalue weighted by molar-refractivity contribution is 6.32. The molecule has 7 heteroatoms. The van der Waals surface area contributed by atoms with E-state index in [0.29, 0.717) is 17.9 Å². The molecular weight excluding hydrogens is 418 g/mol.